The van der Waals surface area contributed by atoms with E-state index in [-0.39, 0.29) is 28.6 Å². The zero-order chi connectivity index (χ0) is 41.1. The first-order valence-electron chi connectivity index (χ1n) is 18.3. The molecule has 0 saturated heterocycles. The first-order chi connectivity index (χ1) is 26.9. The van der Waals surface area contributed by atoms with E-state index < -0.39 is 39.5 Å². The van der Waals surface area contributed by atoms with Crippen LogP contribution in [0.25, 0.3) is 33.4 Å². The molecule has 0 bridgehead atoms. The van der Waals surface area contributed by atoms with Crippen LogP contribution in [0.1, 0.15) is 58.6 Å². The first-order valence-corrected chi connectivity index (χ1v) is 19.7. The van der Waals surface area contributed by atoms with E-state index in [4.69, 9.17) is 28.6 Å². The zero-order valence-corrected chi connectivity index (χ0v) is 33.9. The van der Waals surface area contributed by atoms with Crippen molar-refractivity contribution in [3.05, 3.63) is 108 Å². The number of anilines is 1. The summed E-state index contributed by atoms with van der Waals surface area (Å²) in [7, 11) is -4.04. The van der Waals surface area contributed by atoms with E-state index in [0.717, 1.165) is 9.65 Å². The average Bonchev–Trinajstić information content (AvgIpc) is 3.72. The minimum Gasteiger partial charge on any atom is -0.488 e. The molecule has 0 aliphatic rings. The van der Waals surface area contributed by atoms with Crippen molar-refractivity contribution < 1.29 is 36.6 Å². The molecule has 0 aliphatic heterocycles. The second-order valence-electron chi connectivity index (χ2n) is 15.4. The Labute approximate surface area is 331 Å². The lowest BCUT2D eigenvalue weighted by molar-refractivity contribution is 0.0487. The Kier molecular flexibility index (Phi) is 11.4. The van der Waals surface area contributed by atoms with Crippen molar-refractivity contribution in [2.24, 2.45) is 0 Å². The largest absolute Gasteiger partial charge is 0.488 e. The molecule has 6 rings (SSSR count). The number of hydrogen-bond donors (Lipinski definition) is 2. The summed E-state index contributed by atoms with van der Waals surface area (Å²) < 4.78 is 51.6. The lowest BCUT2D eigenvalue weighted by Crippen LogP contribution is -2.43. The van der Waals surface area contributed by atoms with Gasteiger partial charge in [-0.05, 0) is 97.7 Å². The third kappa shape index (κ3) is 9.78. The van der Waals surface area contributed by atoms with E-state index >= 15 is 0 Å². The third-order valence-corrected chi connectivity index (χ3v) is 10.1. The van der Waals surface area contributed by atoms with Gasteiger partial charge in [-0.1, -0.05) is 48.5 Å². The summed E-state index contributed by atoms with van der Waals surface area (Å²) in [6.45, 7) is 14.0. The summed E-state index contributed by atoms with van der Waals surface area (Å²) in [6.07, 6.45) is 1.99. The number of carbonyl (C=O) groups is 2. The number of rotatable bonds is 11. The van der Waals surface area contributed by atoms with Gasteiger partial charge in [0, 0.05) is 16.5 Å². The zero-order valence-electron chi connectivity index (χ0n) is 33.1. The highest BCUT2D eigenvalue weighted by atomic mass is 32.2. The number of aryl methyl sites for hydroxylation is 2. The Balaban J connectivity index is 1.46. The van der Waals surface area contributed by atoms with Gasteiger partial charge >= 0.3 is 12.2 Å². The molecule has 4 aromatic heterocycles. The Morgan fingerprint density at radius 3 is 2.14 bits per heavy atom. The van der Waals surface area contributed by atoms with Crippen molar-refractivity contribution in [1.29, 1.82) is 0 Å². The quantitative estimate of drug-likeness (QED) is 0.129. The molecule has 0 aliphatic carbocycles. The fourth-order valence-corrected chi connectivity index (χ4v) is 7.33. The highest BCUT2D eigenvalue weighted by molar-refractivity contribution is 7.90. The Hall–Kier alpha value is -6.22. The van der Waals surface area contributed by atoms with Gasteiger partial charge in [0.1, 0.15) is 29.1 Å². The van der Waals surface area contributed by atoms with Crippen LogP contribution < -0.4 is 15.4 Å². The molecule has 2 amide bonds. The van der Waals surface area contributed by atoms with Crippen LogP contribution in [0.5, 0.6) is 5.75 Å². The standard InChI is InChI=1S/C42H46N6O8S/c1-26-32-22-34(43-24-35(32)48(47-26)57(51,52)30-17-13-10-14-18-30)33-23-36(38(46-40(50)56-42(6,7)8)45-37(33)31-19-20-53-27(31)2)54-25-29(21-28-15-11-9-12-16-28)44-39(49)55-41(3,4)5/h9-20,22-24,29H,21,25H2,1-8H3,(H,44,49)(H,45,46,50). The molecule has 15 heteroatoms. The summed E-state index contributed by atoms with van der Waals surface area (Å²) in [6, 6.07) is 22.2. The molecule has 2 N–H and O–H groups in total. The van der Waals surface area contributed by atoms with Gasteiger partial charge in [-0.25, -0.2) is 14.6 Å². The molecule has 4 heterocycles. The number of alkyl carbamates (subject to hydrolysis) is 1. The van der Waals surface area contributed by atoms with E-state index in [2.05, 4.69) is 15.7 Å². The predicted octanol–water partition coefficient (Wildman–Crippen LogP) is 8.47. The van der Waals surface area contributed by atoms with E-state index in [1.165, 1.54) is 24.6 Å². The van der Waals surface area contributed by atoms with E-state index in [1.54, 1.807) is 91.8 Å². The number of amides is 2. The summed E-state index contributed by atoms with van der Waals surface area (Å²) in [5.41, 5.74) is 2.02. The number of carbonyl (C=O) groups excluding carboxylic acids is 2. The summed E-state index contributed by atoms with van der Waals surface area (Å²) in [4.78, 5) is 36.0. The van der Waals surface area contributed by atoms with Crippen LogP contribution in [0.2, 0.25) is 0 Å². The Bertz CT molecular complexity index is 2500. The predicted molar refractivity (Wildman–Crippen MR) is 216 cm³/mol. The van der Waals surface area contributed by atoms with E-state index in [0.29, 0.717) is 45.8 Å². The fourth-order valence-electron chi connectivity index (χ4n) is 6.00. The van der Waals surface area contributed by atoms with Crippen molar-refractivity contribution in [3.63, 3.8) is 0 Å². The molecule has 0 spiro atoms. The molecule has 57 heavy (non-hydrogen) atoms. The van der Waals surface area contributed by atoms with Gasteiger partial charge < -0.3 is 23.9 Å². The van der Waals surface area contributed by atoms with Crippen molar-refractivity contribution in [3.8, 4) is 28.3 Å². The van der Waals surface area contributed by atoms with Crippen molar-refractivity contribution in [2.45, 2.75) is 84.0 Å². The molecule has 1 unspecified atom stereocenters. The minimum absolute atomic E-state index is 0.0401. The fraction of sp³-hybridized carbons (Fsp3) is 0.310. The summed E-state index contributed by atoms with van der Waals surface area (Å²) >= 11 is 0. The smallest absolute Gasteiger partial charge is 0.413 e. The molecule has 0 fully saturated rings. The van der Waals surface area contributed by atoms with Crippen LogP contribution in [-0.2, 0) is 25.9 Å². The maximum absolute atomic E-state index is 13.7. The normalized spacial score (nSPS) is 12.6. The molecule has 298 valence electrons. The van der Waals surface area contributed by atoms with Gasteiger partial charge in [0.2, 0.25) is 0 Å². The van der Waals surface area contributed by atoms with Crippen molar-refractivity contribution in [1.82, 2.24) is 24.5 Å². The lowest BCUT2D eigenvalue weighted by Gasteiger charge is -2.25. The third-order valence-electron chi connectivity index (χ3n) is 8.47. The van der Waals surface area contributed by atoms with E-state index in [1.807, 2.05) is 30.3 Å². The molecule has 2 aromatic carbocycles. The van der Waals surface area contributed by atoms with Crippen LogP contribution in [-0.4, -0.2) is 63.6 Å². The summed E-state index contributed by atoms with van der Waals surface area (Å²) in [5, 5.41) is 10.6. The van der Waals surface area contributed by atoms with Gasteiger partial charge in [0.25, 0.3) is 10.0 Å². The number of benzene rings is 2. The SMILES string of the molecule is Cc1occc1-c1nc(NC(=O)OC(C)(C)C)c(OCC(Cc2ccccc2)NC(=O)OC(C)(C)C)cc1-c1cc2c(C)nn(S(=O)(=O)c3ccccc3)c2cn1. The van der Waals surface area contributed by atoms with Crippen LogP contribution in [0, 0.1) is 13.8 Å². The number of ether oxygens (including phenoxy) is 3. The van der Waals surface area contributed by atoms with Crippen LogP contribution in [0.15, 0.2) is 101 Å². The minimum atomic E-state index is -4.04. The van der Waals surface area contributed by atoms with Gasteiger partial charge in [0.15, 0.2) is 11.6 Å². The number of fused-ring (bicyclic) bond motifs is 1. The van der Waals surface area contributed by atoms with Crippen LogP contribution in [0.3, 0.4) is 0 Å². The molecule has 1 atom stereocenters. The van der Waals surface area contributed by atoms with E-state index in [9.17, 15) is 18.0 Å². The molecular formula is C42H46N6O8S. The lowest BCUT2D eigenvalue weighted by atomic mass is 10.0. The first kappa shape index (κ1) is 40.4. The van der Waals surface area contributed by atoms with Crippen molar-refractivity contribution >= 4 is 38.9 Å². The second kappa shape index (κ2) is 16.1. The maximum atomic E-state index is 13.7. The molecular weight excluding hydrogens is 749 g/mol. The van der Waals surface area contributed by atoms with Gasteiger partial charge in [-0.2, -0.15) is 17.6 Å². The van der Waals surface area contributed by atoms with Crippen LogP contribution >= 0.6 is 0 Å². The number of pyridine rings is 2. The Morgan fingerprint density at radius 1 is 0.860 bits per heavy atom. The highest BCUT2D eigenvalue weighted by Gasteiger charge is 2.27. The summed E-state index contributed by atoms with van der Waals surface area (Å²) in [5.74, 6) is 0.730. The Morgan fingerprint density at radius 2 is 1.51 bits per heavy atom. The molecule has 14 nitrogen and oxygen atoms in total. The number of furan rings is 1. The number of nitrogens with one attached hydrogen (secondary N) is 2. The second-order valence-corrected chi connectivity index (χ2v) is 17.2. The number of hydrogen-bond acceptors (Lipinski definition) is 11. The molecule has 6 aromatic rings. The average molecular weight is 795 g/mol. The number of aromatic nitrogens is 4. The number of nitrogens with zero attached hydrogens (tertiary/aromatic N) is 4. The highest BCUT2D eigenvalue weighted by Crippen LogP contribution is 2.39. The van der Waals surface area contributed by atoms with Crippen molar-refractivity contribution in [2.75, 3.05) is 11.9 Å². The van der Waals surface area contributed by atoms with Gasteiger partial charge in [0.05, 0.1) is 40.5 Å². The topological polar surface area (TPSA) is 177 Å². The monoisotopic (exact) mass is 794 g/mol. The van der Waals surface area contributed by atoms with Gasteiger partial charge in [-0.3, -0.25) is 10.3 Å². The molecule has 0 saturated carbocycles. The van der Waals surface area contributed by atoms with Gasteiger partial charge in [-0.15, -0.1) is 0 Å². The molecule has 0 radical (unpaired) electrons. The van der Waals surface area contributed by atoms with Crippen LogP contribution in [0.4, 0.5) is 15.4 Å². The maximum Gasteiger partial charge on any atom is 0.413 e.